The molecule has 0 spiro atoms. The van der Waals surface area contributed by atoms with Crippen LogP contribution >= 0.6 is 24.0 Å². The van der Waals surface area contributed by atoms with Crippen molar-refractivity contribution in [3.05, 3.63) is 59.2 Å². The molecule has 1 aliphatic heterocycles. The molecule has 3 rings (SSSR count). The number of ether oxygens (including phenoxy) is 2. The highest BCUT2D eigenvalue weighted by atomic mass is 127. The first-order valence-electron chi connectivity index (χ1n) is 8.89. The third-order valence-corrected chi connectivity index (χ3v) is 4.13. The standard InChI is InChI=1S/C20H24N4O3.HI/c1-3-22-19(25)16-7-4-14(5-8-16)11-23-20(21-2)24-12-15-6-9-17-18(10-15)27-13-26-17;/h4-10H,3,11-13H2,1-2H3,(H,22,25)(H2,21,23,24);1H. The average molecular weight is 496 g/mol. The number of carbonyl (C=O) groups is 1. The van der Waals surface area contributed by atoms with Crippen molar-refractivity contribution in [3.8, 4) is 11.5 Å². The smallest absolute Gasteiger partial charge is 0.251 e. The predicted molar refractivity (Wildman–Crippen MR) is 119 cm³/mol. The number of benzene rings is 2. The summed E-state index contributed by atoms with van der Waals surface area (Å²) in [6, 6.07) is 13.4. The fourth-order valence-corrected chi connectivity index (χ4v) is 2.68. The number of amides is 1. The third-order valence-electron chi connectivity index (χ3n) is 4.13. The fraction of sp³-hybridized carbons (Fsp3) is 0.300. The summed E-state index contributed by atoms with van der Waals surface area (Å²) in [6.45, 7) is 4.02. The number of carbonyl (C=O) groups excluding carboxylic acids is 1. The molecular formula is C20H25IN4O3. The lowest BCUT2D eigenvalue weighted by Crippen LogP contribution is -2.36. The number of nitrogens with zero attached hydrogens (tertiary/aromatic N) is 1. The molecule has 0 fully saturated rings. The molecule has 0 unspecified atom stereocenters. The summed E-state index contributed by atoms with van der Waals surface area (Å²) in [5, 5.41) is 9.32. The Labute approximate surface area is 181 Å². The van der Waals surface area contributed by atoms with E-state index in [2.05, 4.69) is 20.9 Å². The highest BCUT2D eigenvalue weighted by Gasteiger charge is 2.13. The number of aliphatic imine (C=N–C) groups is 1. The Bertz CT molecular complexity index is 825. The van der Waals surface area contributed by atoms with Crippen molar-refractivity contribution in [2.75, 3.05) is 20.4 Å². The van der Waals surface area contributed by atoms with Crippen LogP contribution < -0.4 is 25.4 Å². The fourth-order valence-electron chi connectivity index (χ4n) is 2.68. The molecule has 0 aromatic heterocycles. The van der Waals surface area contributed by atoms with Crippen molar-refractivity contribution in [2.24, 2.45) is 4.99 Å². The molecule has 2 aromatic rings. The number of nitrogens with one attached hydrogen (secondary N) is 3. The van der Waals surface area contributed by atoms with Gasteiger partial charge in [0, 0.05) is 32.2 Å². The molecule has 150 valence electrons. The van der Waals surface area contributed by atoms with Crippen LogP contribution in [0.3, 0.4) is 0 Å². The lowest BCUT2D eigenvalue weighted by molar-refractivity contribution is 0.0956. The summed E-state index contributed by atoms with van der Waals surface area (Å²) < 4.78 is 10.7. The van der Waals surface area contributed by atoms with Crippen molar-refractivity contribution in [1.82, 2.24) is 16.0 Å². The summed E-state index contributed by atoms with van der Waals surface area (Å²) in [7, 11) is 1.73. The van der Waals surface area contributed by atoms with E-state index < -0.39 is 0 Å². The first kappa shape index (κ1) is 21.8. The summed E-state index contributed by atoms with van der Waals surface area (Å²) in [5.74, 6) is 2.18. The maximum absolute atomic E-state index is 11.8. The Balaban J connectivity index is 0.00000280. The number of halogens is 1. The van der Waals surface area contributed by atoms with Crippen LogP contribution in [0.15, 0.2) is 47.5 Å². The van der Waals surface area contributed by atoms with Gasteiger partial charge in [-0.25, -0.2) is 0 Å². The highest BCUT2D eigenvalue weighted by molar-refractivity contribution is 14.0. The van der Waals surface area contributed by atoms with E-state index in [1.54, 1.807) is 7.05 Å². The molecule has 1 amide bonds. The third kappa shape index (κ3) is 5.75. The Hall–Kier alpha value is -2.49. The van der Waals surface area contributed by atoms with Crippen molar-refractivity contribution in [1.29, 1.82) is 0 Å². The topological polar surface area (TPSA) is 84.0 Å². The average Bonchev–Trinajstić information content (AvgIpc) is 3.16. The first-order chi connectivity index (χ1) is 13.2. The van der Waals surface area contributed by atoms with E-state index in [0.29, 0.717) is 31.2 Å². The Kier molecular flexibility index (Phi) is 8.37. The molecule has 2 aromatic carbocycles. The van der Waals surface area contributed by atoms with Crippen LogP contribution in [0.4, 0.5) is 0 Å². The molecule has 7 nitrogen and oxygen atoms in total. The largest absolute Gasteiger partial charge is 0.454 e. The van der Waals surface area contributed by atoms with Gasteiger partial charge in [-0.2, -0.15) is 0 Å². The Morgan fingerprint density at radius 1 is 0.964 bits per heavy atom. The van der Waals surface area contributed by atoms with Crippen LogP contribution in [0, 0.1) is 0 Å². The molecule has 0 atom stereocenters. The van der Waals surface area contributed by atoms with Crippen LogP contribution in [0.25, 0.3) is 0 Å². The summed E-state index contributed by atoms with van der Waals surface area (Å²) in [4.78, 5) is 16.0. The summed E-state index contributed by atoms with van der Waals surface area (Å²) in [6.07, 6.45) is 0. The van der Waals surface area contributed by atoms with Crippen molar-refractivity contribution < 1.29 is 14.3 Å². The molecule has 0 radical (unpaired) electrons. The zero-order valence-corrected chi connectivity index (χ0v) is 18.3. The van der Waals surface area contributed by atoms with Gasteiger partial charge >= 0.3 is 0 Å². The van der Waals surface area contributed by atoms with Gasteiger partial charge in [-0.05, 0) is 42.3 Å². The molecule has 8 heteroatoms. The zero-order valence-electron chi connectivity index (χ0n) is 16.0. The Morgan fingerprint density at radius 2 is 1.61 bits per heavy atom. The molecule has 0 saturated heterocycles. The summed E-state index contributed by atoms with van der Waals surface area (Å²) in [5.41, 5.74) is 2.80. The van der Waals surface area contributed by atoms with Crippen LogP contribution in [0.1, 0.15) is 28.4 Å². The molecule has 0 bridgehead atoms. The molecule has 3 N–H and O–H groups in total. The van der Waals surface area contributed by atoms with Gasteiger partial charge in [-0.3, -0.25) is 9.79 Å². The van der Waals surface area contributed by atoms with Crippen LogP contribution in [0.2, 0.25) is 0 Å². The van der Waals surface area contributed by atoms with Crippen molar-refractivity contribution >= 4 is 35.8 Å². The lowest BCUT2D eigenvalue weighted by Gasteiger charge is -2.12. The van der Waals surface area contributed by atoms with E-state index in [0.717, 1.165) is 22.6 Å². The van der Waals surface area contributed by atoms with Crippen LogP contribution in [0.5, 0.6) is 11.5 Å². The van der Waals surface area contributed by atoms with E-state index in [-0.39, 0.29) is 36.7 Å². The van der Waals surface area contributed by atoms with E-state index in [1.807, 2.05) is 49.4 Å². The normalized spacial score (nSPS) is 12.1. The number of hydrogen-bond acceptors (Lipinski definition) is 4. The predicted octanol–water partition coefficient (Wildman–Crippen LogP) is 2.65. The second kappa shape index (κ2) is 10.7. The molecule has 1 aliphatic rings. The van der Waals surface area contributed by atoms with Gasteiger partial charge in [-0.15, -0.1) is 24.0 Å². The van der Waals surface area contributed by atoms with Gasteiger partial charge in [-0.1, -0.05) is 18.2 Å². The van der Waals surface area contributed by atoms with Crippen LogP contribution in [-0.2, 0) is 13.1 Å². The first-order valence-corrected chi connectivity index (χ1v) is 8.89. The van der Waals surface area contributed by atoms with E-state index >= 15 is 0 Å². The van der Waals surface area contributed by atoms with E-state index in [9.17, 15) is 4.79 Å². The summed E-state index contributed by atoms with van der Waals surface area (Å²) >= 11 is 0. The minimum Gasteiger partial charge on any atom is -0.454 e. The molecule has 1 heterocycles. The minimum atomic E-state index is -0.0572. The number of hydrogen-bond donors (Lipinski definition) is 3. The van der Waals surface area contributed by atoms with E-state index in [4.69, 9.17) is 9.47 Å². The quantitative estimate of drug-likeness (QED) is 0.326. The Morgan fingerprint density at radius 3 is 2.29 bits per heavy atom. The van der Waals surface area contributed by atoms with Gasteiger partial charge in [0.25, 0.3) is 5.91 Å². The van der Waals surface area contributed by atoms with Crippen LogP contribution in [-0.4, -0.2) is 32.3 Å². The van der Waals surface area contributed by atoms with Gasteiger partial charge in [0.05, 0.1) is 0 Å². The van der Waals surface area contributed by atoms with E-state index in [1.165, 1.54) is 0 Å². The maximum Gasteiger partial charge on any atom is 0.251 e. The SMILES string of the molecule is CCNC(=O)c1ccc(CNC(=NC)NCc2ccc3c(c2)OCO3)cc1.I. The number of fused-ring (bicyclic) bond motifs is 1. The van der Waals surface area contributed by atoms with Gasteiger partial charge in [0.15, 0.2) is 17.5 Å². The van der Waals surface area contributed by atoms with Gasteiger partial charge < -0.3 is 25.4 Å². The molecule has 0 saturated carbocycles. The monoisotopic (exact) mass is 496 g/mol. The molecular weight excluding hydrogens is 471 g/mol. The number of guanidine groups is 1. The van der Waals surface area contributed by atoms with Gasteiger partial charge in [0.2, 0.25) is 6.79 Å². The molecule has 28 heavy (non-hydrogen) atoms. The maximum atomic E-state index is 11.8. The second-order valence-corrected chi connectivity index (χ2v) is 6.02. The van der Waals surface area contributed by atoms with Crippen molar-refractivity contribution in [3.63, 3.8) is 0 Å². The van der Waals surface area contributed by atoms with Gasteiger partial charge in [0.1, 0.15) is 0 Å². The highest BCUT2D eigenvalue weighted by Crippen LogP contribution is 2.32. The van der Waals surface area contributed by atoms with Crippen molar-refractivity contribution in [2.45, 2.75) is 20.0 Å². The lowest BCUT2D eigenvalue weighted by atomic mass is 10.1. The minimum absolute atomic E-state index is 0. The molecule has 0 aliphatic carbocycles. The number of rotatable bonds is 6. The second-order valence-electron chi connectivity index (χ2n) is 6.02. The zero-order chi connectivity index (χ0) is 19.1.